The molecule has 0 atom stereocenters. The first-order valence-corrected chi connectivity index (χ1v) is 7.46. The van der Waals surface area contributed by atoms with Crippen LogP contribution in [0, 0.1) is 0 Å². The van der Waals surface area contributed by atoms with Crippen molar-refractivity contribution in [3.05, 3.63) is 59.1 Å². The highest BCUT2D eigenvalue weighted by Crippen LogP contribution is 2.16. The molecule has 0 aliphatic heterocycles. The fourth-order valence-corrected chi connectivity index (χ4v) is 1.95. The molecule has 0 aliphatic rings. The molecule has 0 bridgehead atoms. The van der Waals surface area contributed by atoms with Gasteiger partial charge in [0.2, 0.25) is 11.8 Å². The minimum absolute atomic E-state index is 0.338. The molecule has 0 radical (unpaired) electrons. The van der Waals surface area contributed by atoms with Gasteiger partial charge in [0.25, 0.3) is 0 Å². The van der Waals surface area contributed by atoms with Gasteiger partial charge in [0.05, 0.1) is 13.3 Å². The van der Waals surface area contributed by atoms with Crippen molar-refractivity contribution in [2.24, 2.45) is 5.10 Å². The van der Waals surface area contributed by atoms with Gasteiger partial charge in [-0.25, -0.2) is 5.43 Å². The smallest absolute Gasteiger partial charge is 0.249 e. The lowest BCUT2D eigenvalue weighted by Gasteiger charge is -2.06. The largest absolute Gasteiger partial charge is 0.497 e. The number of hydrazone groups is 1. The first-order valence-electron chi connectivity index (χ1n) is 7.08. The Morgan fingerprint density at radius 1 is 1.17 bits per heavy atom. The van der Waals surface area contributed by atoms with E-state index in [0.29, 0.717) is 16.5 Å². The van der Waals surface area contributed by atoms with E-state index in [1.165, 1.54) is 13.3 Å². The Hall–Kier alpha value is -2.86. The molecule has 0 saturated heterocycles. The van der Waals surface area contributed by atoms with Crippen molar-refractivity contribution in [2.75, 3.05) is 12.4 Å². The van der Waals surface area contributed by atoms with E-state index in [0.717, 1.165) is 5.56 Å². The van der Waals surface area contributed by atoms with E-state index in [4.69, 9.17) is 16.3 Å². The summed E-state index contributed by atoms with van der Waals surface area (Å²) in [5.41, 5.74) is 3.63. The molecule has 2 aromatic carbocycles. The first-order chi connectivity index (χ1) is 11.6. The SMILES string of the molecule is COc1cccc(NC(=O)CC(=O)NN=Cc2ccc(Cl)cc2)c1. The third-order valence-electron chi connectivity index (χ3n) is 2.95. The number of hydrogen-bond acceptors (Lipinski definition) is 4. The van der Waals surface area contributed by atoms with Crippen LogP contribution in [0.4, 0.5) is 5.69 Å². The van der Waals surface area contributed by atoms with Crippen LogP contribution >= 0.6 is 11.6 Å². The summed E-state index contributed by atoms with van der Waals surface area (Å²) in [6.45, 7) is 0. The summed E-state index contributed by atoms with van der Waals surface area (Å²) in [6, 6.07) is 13.8. The average Bonchev–Trinajstić information content (AvgIpc) is 2.56. The minimum Gasteiger partial charge on any atom is -0.497 e. The van der Waals surface area contributed by atoms with Crippen molar-refractivity contribution < 1.29 is 14.3 Å². The zero-order chi connectivity index (χ0) is 17.4. The van der Waals surface area contributed by atoms with E-state index in [-0.39, 0.29) is 6.42 Å². The predicted octanol–water partition coefficient (Wildman–Crippen LogP) is 2.83. The summed E-state index contributed by atoms with van der Waals surface area (Å²) in [6.07, 6.45) is 1.13. The lowest BCUT2D eigenvalue weighted by Crippen LogP contribution is -2.24. The van der Waals surface area contributed by atoms with E-state index in [1.54, 1.807) is 48.5 Å². The maximum Gasteiger partial charge on any atom is 0.249 e. The molecular formula is C17H16ClN3O3. The van der Waals surface area contributed by atoms with Crippen LogP contribution in [0.1, 0.15) is 12.0 Å². The molecule has 2 amide bonds. The molecule has 2 rings (SSSR count). The van der Waals surface area contributed by atoms with Crippen LogP contribution in [0.15, 0.2) is 53.6 Å². The van der Waals surface area contributed by atoms with Crippen molar-refractivity contribution in [2.45, 2.75) is 6.42 Å². The van der Waals surface area contributed by atoms with E-state index >= 15 is 0 Å². The Kier molecular flexibility index (Phi) is 6.33. The highest BCUT2D eigenvalue weighted by atomic mass is 35.5. The van der Waals surface area contributed by atoms with Gasteiger partial charge in [-0.15, -0.1) is 0 Å². The van der Waals surface area contributed by atoms with Crippen LogP contribution in [0.2, 0.25) is 5.02 Å². The van der Waals surface area contributed by atoms with E-state index in [1.807, 2.05) is 0 Å². The van der Waals surface area contributed by atoms with Crippen molar-refractivity contribution in [3.8, 4) is 5.75 Å². The Bertz CT molecular complexity index is 745. The summed E-state index contributed by atoms with van der Waals surface area (Å²) in [5, 5.41) is 7.02. The Morgan fingerprint density at radius 3 is 2.62 bits per heavy atom. The third kappa shape index (κ3) is 5.73. The van der Waals surface area contributed by atoms with Crippen molar-refractivity contribution in [1.82, 2.24) is 5.43 Å². The number of hydrogen-bond donors (Lipinski definition) is 2. The average molecular weight is 346 g/mol. The quantitative estimate of drug-likeness (QED) is 0.480. The monoisotopic (exact) mass is 345 g/mol. The molecule has 0 heterocycles. The Labute approximate surface area is 144 Å². The topological polar surface area (TPSA) is 79.8 Å². The third-order valence-corrected chi connectivity index (χ3v) is 3.20. The molecule has 0 fully saturated rings. The Morgan fingerprint density at radius 2 is 1.92 bits per heavy atom. The number of anilines is 1. The number of rotatable bonds is 6. The predicted molar refractivity (Wildman–Crippen MR) is 93.4 cm³/mol. The molecule has 0 spiro atoms. The van der Waals surface area contributed by atoms with Gasteiger partial charge in [-0.2, -0.15) is 5.10 Å². The van der Waals surface area contributed by atoms with Crippen molar-refractivity contribution >= 4 is 35.3 Å². The van der Waals surface area contributed by atoms with Gasteiger partial charge in [0.15, 0.2) is 0 Å². The molecule has 0 saturated carbocycles. The lowest BCUT2D eigenvalue weighted by atomic mass is 10.2. The van der Waals surface area contributed by atoms with Crippen LogP contribution < -0.4 is 15.5 Å². The van der Waals surface area contributed by atoms with Gasteiger partial charge in [-0.1, -0.05) is 29.8 Å². The standard InChI is InChI=1S/C17H16ClN3O3/c1-24-15-4-2-3-14(9-15)20-16(22)10-17(23)21-19-11-12-5-7-13(18)8-6-12/h2-9,11H,10H2,1H3,(H,20,22)(H,21,23). The van der Waals surface area contributed by atoms with Crippen LogP contribution in [-0.2, 0) is 9.59 Å². The van der Waals surface area contributed by atoms with Gasteiger partial charge >= 0.3 is 0 Å². The summed E-state index contributed by atoms with van der Waals surface area (Å²) < 4.78 is 5.06. The van der Waals surface area contributed by atoms with Crippen LogP contribution in [0.3, 0.4) is 0 Å². The second-order valence-corrected chi connectivity index (χ2v) is 5.24. The second-order valence-electron chi connectivity index (χ2n) is 4.80. The number of nitrogens with zero attached hydrogens (tertiary/aromatic N) is 1. The molecule has 24 heavy (non-hydrogen) atoms. The summed E-state index contributed by atoms with van der Waals surface area (Å²) in [7, 11) is 1.53. The van der Waals surface area contributed by atoms with Crippen molar-refractivity contribution in [1.29, 1.82) is 0 Å². The zero-order valence-electron chi connectivity index (χ0n) is 13.0. The van der Waals surface area contributed by atoms with Crippen LogP contribution in [-0.4, -0.2) is 25.1 Å². The highest BCUT2D eigenvalue weighted by Gasteiger charge is 2.09. The van der Waals surface area contributed by atoms with Gasteiger partial charge in [0.1, 0.15) is 12.2 Å². The molecule has 124 valence electrons. The number of carbonyl (C=O) groups is 2. The second kappa shape index (κ2) is 8.69. The summed E-state index contributed by atoms with van der Waals surface area (Å²) in [4.78, 5) is 23.5. The molecule has 0 aromatic heterocycles. The summed E-state index contributed by atoms with van der Waals surface area (Å²) >= 11 is 5.77. The number of amides is 2. The number of carbonyl (C=O) groups excluding carboxylic acids is 2. The van der Waals surface area contributed by atoms with Gasteiger partial charge in [-0.3, -0.25) is 9.59 Å². The summed E-state index contributed by atoms with van der Waals surface area (Å²) in [5.74, 6) is -0.340. The highest BCUT2D eigenvalue weighted by molar-refractivity contribution is 6.30. The van der Waals surface area contributed by atoms with E-state index < -0.39 is 11.8 Å². The number of benzene rings is 2. The normalized spacial score (nSPS) is 10.4. The molecule has 7 heteroatoms. The van der Waals surface area contributed by atoms with E-state index in [9.17, 15) is 9.59 Å². The fourth-order valence-electron chi connectivity index (χ4n) is 1.82. The molecule has 2 aromatic rings. The van der Waals surface area contributed by atoms with Crippen molar-refractivity contribution in [3.63, 3.8) is 0 Å². The lowest BCUT2D eigenvalue weighted by molar-refractivity contribution is -0.126. The first kappa shape index (κ1) is 17.5. The molecule has 0 aliphatic carbocycles. The molecule has 0 unspecified atom stereocenters. The zero-order valence-corrected chi connectivity index (χ0v) is 13.7. The molecule has 6 nitrogen and oxygen atoms in total. The van der Waals surface area contributed by atoms with Gasteiger partial charge < -0.3 is 10.1 Å². The van der Waals surface area contributed by atoms with E-state index in [2.05, 4.69) is 15.8 Å². The number of methoxy groups -OCH3 is 1. The molecular weight excluding hydrogens is 330 g/mol. The number of nitrogens with one attached hydrogen (secondary N) is 2. The maximum atomic E-state index is 11.8. The van der Waals surface area contributed by atoms with Crippen LogP contribution in [0.5, 0.6) is 5.75 Å². The van der Waals surface area contributed by atoms with Gasteiger partial charge in [-0.05, 0) is 29.8 Å². The van der Waals surface area contributed by atoms with Crippen LogP contribution in [0.25, 0.3) is 0 Å². The number of ether oxygens (including phenoxy) is 1. The maximum absolute atomic E-state index is 11.8. The molecule has 2 N–H and O–H groups in total. The Balaban J connectivity index is 1.80. The minimum atomic E-state index is -0.513. The number of halogens is 1. The fraction of sp³-hybridized carbons (Fsp3) is 0.118. The van der Waals surface area contributed by atoms with Gasteiger partial charge in [0, 0.05) is 16.8 Å².